The van der Waals surface area contributed by atoms with Crippen LogP contribution in [0.3, 0.4) is 0 Å². The summed E-state index contributed by atoms with van der Waals surface area (Å²) < 4.78 is 6.28. The van der Waals surface area contributed by atoms with Crippen LogP contribution in [0.4, 0.5) is 0 Å². The summed E-state index contributed by atoms with van der Waals surface area (Å²) in [7, 11) is 3.15. The number of carbonyl (C=O) groups is 1. The summed E-state index contributed by atoms with van der Waals surface area (Å²) in [5.74, 6) is -0.133. The Labute approximate surface area is 91.4 Å². The van der Waals surface area contributed by atoms with Gasteiger partial charge in [0.1, 0.15) is 0 Å². The molecule has 0 spiro atoms. The monoisotopic (exact) mass is 260 g/mol. The Morgan fingerprint density at radius 2 is 2.43 bits per heavy atom. The molecule has 0 aliphatic heterocycles. The highest BCUT2D eigenvalue weighted by Gasteiger charge is 2.19. The van der Waals surface area contributed by atoms with Crippen molar-refractivity contribution >= 4 is 21.9 Å². The molecule has 0 N–H and O–H groups in total. The average Bonchev–Trinajstić information content (AvgIpc) is 2.58. The van der Waals surface area contributed by atoms with Crippen molar-refractivity contribution in [3.8, 4) is 0 Å². The molecule has 0 amide bonds. The topological polar surface area (TPSA) is 44.1 Å². The number of nitrogens with zero attached hydrogens (tertiary/aromatic N) is 2. The highest BCUT2D eigenvalue weighted by atomic mass is 79.9. The lowest BCUT2D eigenvalue weighted by Gasteiger charge is -2.05. The third kappa shape index (κ3) is 2.15. The van der Waals surface area contributed by atoms with Crippen LogP contribution in [0.25, 0.3) is 0 Å². The van der Waals surface area contributed by atoms with Gasteiger partial charge in [0.2, 0.25) is 0 Å². The fraction of sp³-hybridized carbons (Fsp3) is 0.556. The van der Waals surface area contributed by atoms with Gasteiger partial charge in [-0.1, -0.05) is 22.9 Å². The molecule has 1 aromatic rings. The molecule has 1 aromatic heterocycles. The van der Waals surface area contributed by atoms with Crippen molar-refractivity contribution in [1.82, 2.24) is 9.78 Å². The Morgan fingerprint density at radius 1 is 1.79 bits per heavy atom. The van der Waals surface area contributed by atoms with E-state index >= 15 is 0 Å². The van der Waals surface area contributed by atoms with E-state index in [-0.39, 0.29) is 11.9 Å². The summed E-state index contributed by atoms with van der Waals surface area (Å²) in [6.07, 6.45) is 1.85. The molecule has 0 saturated heterocycles. The molecule has 0 saturated carbocycles. The Kier molecular flexibility index (Phi) is 3.69. The number of halogens is 1. The van der Waals surface area contributed by atoms with Gasteiger partial charge in [-0.2, -0.15) is 5.10 Å². The maximum absolute atomic E-state index is 11.4. The van der Waals surface area contributed by atoms with Crippen LogP contribution in [0, 0.1) is 0 Å². The van der Waals surface area contributed by atoms with Gasteiger partial charge in [-0.05, 0) is 5.92 Å². The number of hydrogen-bond donors (Lipinski definition) is 0. The van der Waals surface area contributed by atoms with Crippen LogP contribution < -0.4 is 0 Å². The Morgan fingerprint density at radius 3 is 2.93 bits per heavy atom. The summed E-state index contributed by atoms with van der Waals surface area (Å²) in [5, 5.41) is 4.87. The summed E-state index contributed by atoms with van der Waals surface area (Å²) in [4.78, 5) is 11.4. The predicted molar refractivity (Wildman–Crippen MR) is 56.8 cm³/mol. The van der Waals surface area contributed by atoms with Gasteiger partial charge < -0.3 is 4.74 Å². The smallest absolute Gasteiger partial charge is 0.358 e. The molecule has 0 aromatic carbocycles. The molecule has 0 fully saturated rings. The highest BCUT2D eigenvalue weighted by Crippen LogP contribution is 2.21. The van der Waals surface area contributed by atoms with Crippen molar-refractivity contribution in [2.24, 2.45) is 7.05 Å². The van der Waals surface area contributed by atoms with Crippen molar-refractivity contribution in [1.29, 1.82) is 0 Å². The second-order valence-corrected chi connectivity index (χ2v) is 3.80. The molecular weight excluding hydrogens is 248 g/mol. The van der Waals surface area contributed by atoms with E-state index in [1.165, 1.54) is 7.11 Å². The summed E-state index contributed by atoms with van der Waals surface area (Å²) in [6, 6.07) is 0. The van der Waals surface area contributed by atoms with Gasteiger partial charge in [0.25, 0.3) is 0 Å². The standard InChI is InChI=1S/C9H13BrN2O2/c1-6(4-10)7-5-12(2)11-8(7)9(13)14-3/h5-6H,4H2,1-3H3. The summed E-state index contributed by atoms with van der Waals surface area (Å²) in [6.45, 7) is 2.03. The number of aromatic nitrogens is 2. The van der Waals surface area contributed by atoms with Crippen molar-refractivity contribution in [2.75, 3.05) is 12.4 Å². The van der Waals surface area contributed by atoms with Gasteiger partial charge in [-0.15, -0.1) is 0 Å². The van der Waals surface area contributed by atoms with Crippen LogP contribution in [0.1, 0.15) is 28.9 Å². The summed E-state index contributed by atoms with van der Waals surface area (Å²) in [5.41, 5.74) is 1.32. The Balaban J connectivity index is 3.08. The molecule has 1 atom stereocenters. The molecular formula is C9H13BrN2O2. The molecule has 1 unspecified atom stereocenters. The lowest BCUT2D eigenvalue weighted by atomic mass is 10.0. The zero-order chi connectivity index (χ0) is 10.7. The number of carbonyl (C=O) groups excluding carboxylic acids is 1. The second-order valence-electron chi connectivity index (χ2n) is 3.15. The van der Waals surface area contributed by atoms with Crippen molar-refractivity contribution in [2.45, 2.75) is 12.8 Å². The highest BCUT2D eigenvalue weighted by molar-refractivity contribution is 9.09. The van der Waals surface area contributed by atoms with E-state index in [1.807, 2.05) is 13.1 Å². The van der Waals surface area contributed by atoms with E-state index in [0.717, 1.165) is 10.9 Å². The van der Waals surface area contributed by atoms with E-state index < -0.39 is 0 Å². The molecule has 0 aliphatic rings. The Bertz CT molecular complexity index is 336. The van der Waals surface area contributed by atoms with E-state index in [2.05, 4.69) is 25.8 Å². The van der Waals surface area contributed by atoms with E-state index in [1.54, 1.807) is 11.7 Å². The number of alkyl halides is 1. The molecule has 4 nitrogen and oxygen atoms in total. The van der Waals surface area contributed by atoms with Crippen LogP contribution in [-0.2, 0) is 11.8 Å². The lowest BCUT2D eigenvalue weighted by molar-refractivity contribution is 0.0591. The zero-order valence-corrected chi connectivity index (χ0v) is 10.0. The van der Waals surface area contributed by atoms with Gasteiger partial charge in [-0.25, -0.2) is 4.79 Å². The number of methoxy groups -OCH3 is 1. The van der Waals surface area contributed by atoms with Crippen LogP contribution in [0.2, 0.25) is 0 Å². The maximum Gasteiger partial charge on any atom is 0.358 e. The first-order valence-electron chi connectivity index (χ1n) is 4.28. The zero-order valence-electron chi connectivity index (χ0n) is 8.45. The first-order valence-corrected chi connectivity index (χ1v) is 5.40. The quantitative estimate of drug-likeness (QED) is 0.614. The van der Waals surface area contributed by atoms with Gasteiger partial charge in [0, 0.05) is 24.1 Å². The average molecular weight is 261 g/mol. The fourth-order valence-electron chi connectivity index (χ4n) is 1.21. The molecule has 0 aliphatic carbocycles. The van der Waals surface area contributed by atoms with E-state index in [9.17, 15) is 4.79 Å². The Hall–Kier alpha value is -0.840. The number of hydrogen-bond acceptors (Lipinski definition) is 3. The van der Waals surface area contributed by atoms with Crippen LogP contribution in [0.5, 0.6) is 0 Å². The van der Waals surface area contributed by atoms with Crippen LogP contribution >= 0.6 is 15.9 Å². The predicted octanol–water partition coefficient (Wildman–Crippen LogP) is 1.71. The number of aryl methyl sites for hydroxylation is 1. The molecule has 14 heavy (non-hydrogen) atoms. The molecule has 78 valence electrons. The lowest BCUT2D eigenvalue weighted by Crippen LogP contribution is -2.07. The normalized spacial score (nSPS) is 12.6. The first kappa shape index (κ1) is 11.2. The minimum absolute atomic E-state index is 0.248. The molecule has 1 rings (SSSR count). The molecule has 0 radical (unpaired) electrons. The fourth-order valence-corrected chi connectivity index (χ4v) is 1.55. The molecule has 5 heteroatoms. The van der Waals surface area contributed by atoms with Gasteiger partial charge in [-0.3, -0.25) is 4.68 Å². The number of rotatable bonds is 3. The van der Waals surface area contributed by atoms with Crippen LogP contribution in [0.15, 0.2) is 6.20 Å². The molecule has 1 heterocycles. The van der Waals surface area contributed by atoms with Crippen molar-refractivity contribution < 1.29 is 9.53 Å². The van der Waals surface area contributed by atoms with Crippen molar-refractivity contribution in [3.05, 3.63) is 17.5 Å². The van der Waals surface area contributed by atoms with Crippen LogP contribution in [-0.4, -0.2) is 28.2 Å². The van der Waals surface area contributed by atoms with Crippen molar-refractivity contribution in [3.63, 3.8) is 0 Å². The third-order valence-electron chi connectivity index (χ3n) is 2.00. The first-order chi connectivity index (χ1) is 6.60. The number of esters is 1. The largest absolute Gasteiger partial charge is 0.464 e. The molecule has 0 bridgehead atoms. The van der Waals surface area contributed by atoms with E-state index in [0.29, 0.717) is 5.69 Å². The summed E-state index contributed by atoms with van der Waals surface area (Å²) >= 11 is 3.38. The van der Waals surface area contributed by atoms with Gasteiger partial charge in [0.15, 0.2) is 5.69 Å². The SMILES string of the molecule is COC(=O)c1nn(C)cc1C(C)CBr. The minimum Gasteiger partial charge on any atom is -0.464 e. The maximum atomic E-state index is 11.4. The third-order valence-corrected chi connectivity index (χ3v) is 2.97. The van der Waals surface area contributed by atoms with E-state index in [4.69, 9.17) is 0 Å². The second kappa shape index (κ2) is 4.59. The van der Waals surface area contributed by atoms with Gasteiger partial charge in [0.05, 0.1) is 7.11 Å². The minimum atomic E-state index is -0.381. The van der Waals surface area contributed by atoms with Gasteiger partial charge >= 0.3 is 5.97 Å². The number of ether oxygens (including phenoxy) is 1.